The monoisotopic (exact) mass is 269 g/mol. The number of anilines is 1. The number of halogens is 1. The summed E-state index contributed by atoms with van der Waals surface area (Å²) < 4.78 is 18.8. The molecule has 1 aliphatic heterocycles. The Morgan fingerprint density at radius 3 is 2.50 bits per heavy atom. The predicted molar refractivity (Wildman–Crippen MR) is 78.5 cm³/mol. The van der Waals surface area contributed by atoms with Crippen LogP contribution in [0.2, 0.25) is 0 Å². The van der Waals surface area contributed by atoms with E-state index in [-0.39, 0.29) is 12.0 Å². The van der Waals surface area contributed by atoms with Gasteiger partial charge in [-0.3, -0.25) is 0 Å². The van der Waals surface area contributed by atoms with Gasteiger partial charge in [-0.1, -0.05) is 30.3 Å². The largest absolute Gasteiger partial charge is 0.470 e. The van der Waals surface area contributed by atoms with Crippen molar-refractivity contribution < 1.29 is 9.13 Å². The van der Waals surface area contributed by atoms with Crippen LogP contribution in [0, 0.1) is 5.82 Å². The molecule has 2 nitrogen and oxygen atoms in total. The van der Waals surface area contributed by atoms with Gasteiger partial charge in [0.25, 0.3) is 0 Å². The smallest absolute Gasteiger partial charge is 0.170 e. The van der Waals surface area contributed by atoms with Crippen molar-refractivity contribution in [1.82, 2.24) is 0 Å². The van der Waals surface area contributed by atoms with Gasteiger partial charge in [0, 0.05) is 17.7 Å². The summed E-state index contributed by atoms with van der Waals surface area (Å²) in [4.78, 5) is 0. The molecule has 0 aromatic heterocycles. The molecule has 0 saturated heterocycles. The quantitative estimate of drug-likeness (QED) is 0.890. The van der Waals surface area contributed by atoms with Gasteiger partial charge >= 0.3 is 0 Å². The van der Waals surface area contributed by atoms with Gasteiger partial charge in [-0.25, -0.2) is 4.39 Å². The Morgan fingerprint density at radius 2 is 1.75 bits per heavy atom. The molecule has 0 radical (unpaired) electrons. The Hall–Kier alpha value is -2.29. The standard InChI is InChI=1S/C17H16FNO/c18-14-9-11-15(12-10-14)19-17-8-4-7-16(20-17)13-5-2-1-3-6-13/h1-3,5-7,9-12,17,19H,4,8H2. The lowest BCUT2D eigenvalue weighted by Crippen LogP contribution is -2.24. The zero-order chi connectivity index (χ0) is 13.8. The first-order valence-corrected chi connectivity index (χ1v) is 6.75. The summed E-state index contributed by atoms with van der Waals surface area (Å²) in [6.45, 7) is 0. The molecule has 0 spiro atoms. The average Bonchev–Trinajstić information content (AvgIpc) is 2.51. The third-order valence-corrected chi connectivity index (χ3v) is 3.26. The van der Waals surface area contributed by atoms with Crippen molar-refractivity contribution in [3.8, 4) is 0 Å². The fourth-order valence-electron chi connectivity index (χ4n) is 2.25. The molecule has 1 atom stereocenters. The number of hydrogen-bond acceptors (Lipinski definition) is 2. The molecule has 3 rings (SSSR count). The Kier molecular flexibility index (Phi) is 3.68. The van der Waals surface area contributed by atoms with Crippen molar-refractivity contribution in [2.45, 2.75) is 19.1 Å². The van der Waals surface area contributed by atoms with Crippen LogP contribution in [-0.2, 0) is 4.74 Å². The third kappa shape index (κ3) is 2.99. The maximum atomic E-state index is 12.9. The molecular formula is C17H16FNO. The predicted octanol–water partition coefficient (Wildman–Crippen LogP) is 4.42. The average molecular weight is 269 g/mol. The number of rotatable bonds is 3. The van der Waals surface area contributed by atoms with E-state index < -0.39 is 0 Å². The minimum atomic E-state index is -0.231. The van der Waals surface area contributed by atoms with E-state index in [1.54, 1.807) is 12.1 Å². The minimum Gasteiger partial charge on any atom is -0.470 e. The van der Waals surface area contributed by atoms with Gasteiger partial charge in [0.2, 0.25) is 0 Å². The highest BCUT2D eigenvalue weighted by atomic mass is 19.1. The minimum absolute atomic E-state index is 0.0827. The van der Waals surface area contributed by atoms with E-state index in [2.05, 4.69) is 11.4 Å². The highest BCUT2D eigenvalue weighted by Crippen LogP contribution is 2.26. The number of nitrogens with one attached hydrogen (secondary N) is 1. The maximum absolute atomic E-state index is 12.9. The van der Waals surface area contributed by atoms with E-state index in [1.165, 1.54) is 12.1 Å². The van der Waals surface area contributed by atoms with E-state index >= 15 is 0 Å². The highest BCUT2D eigenvalue weighted by molar-refractivity contribution is 5.60. The molecule has 0 amide bonds. The van der Waals surface area contributed by atoms with Gasteiger partial charge in [-0.15, -0.1) is 0 Å². The lowest BCUT2D eigenvalue weighted by Gasteiger charge is -2.26. The molecular weight excluding hydrogens is 253 g/mol. The lowest BCUT2D eigenvalue weighted by molar-refractivity contribution is 0.172. The summed E-state index contributed by atoms with van der Waals surface area (Å²) in [6, 6.07) is 16.4. The second-order valence-electron chi connectivity index (χ2n) is 4.77. The third-order valence-electron chi connectivity index (χ3n) is 3.26. The van der Waals surface area contributed by atoms with Crippen LogP contribution in [0.3, 0.4) is 0 Å². The van der Waals surface area contributed by atoms with E-state index in [1.807, 2.05) is 30.3 Å². The van der Waals surface area contributed by atoms with E-state index in [9.17, 15) is 4.39 Å². The Morgan fingerprint density at radius 1 is 1.00 bits per heavy atom. The molecule has 2 aromatic rings. The van der Waals surface area contributed by atoms with Crippen LogP contribution in [0.25, 0.3) is 5.76 Å². The molecule has 3 heteroatoms. The van der Waals surface area contributed by atoms with Gasteiger partial charge in [0.15, 0.2) is 6.23 Å². The molecule has 0 bridgehead atoms. The first kappa shape index (κ1) is 12.7. The summed E-state index contributed by atoms with van der Waals surface area (Å²) in [5, 5.41) is 3.28. The van der Waals surface area contributed by atoms with Crippen LogP contribution in [0.5, 0.6) is 0 Å². The molecule has 0 fully saturated rings. The number of allylic oxidation sites excluding steroid dienone is 1. The summed E-state index contributed by atoms with van der Waals surface area (Å²) in [5.74, 6) is 0.668. The SMILES string of the molecule is Fc1ccc(NC2CCC=C(c3ccccc3)O2)cc1. The van der Waals surface area contributed by atoms with Crippen LogP contribution in [-0.4, -0.2) is 6.23 Å². The normalized spacial score (nSPS) is 18.1. The van der Waals surface area contributed by atoms with Gasteiger partial charge in [0.05, 0.1) is 0 Å². The Balaban J connectivity index is 1.68. The fraction of sp³-hybridized carbons (Fsp3) is 0.176. The van der Waals surface area contributed by atoms with E-state index in [0.717, 1.165) is 29.9 Å². The number of ether oxygens (including phenoxy) is 1. The van der Waals surface area contributed by atoms with Crippen molar-refractivity contribution in [2.24, 2.45) is 0 Å². The second-order valence-corrected chi connectivity index (χ2v) is 4.77. The Labute approximate surface area is 117 Å². The summed E-state index contributed by atoms with van der Waals surface area (Å²) in [6.07, 6.45) is 3.88. The van der Waals surface area contributed by atoms with E-state index in [0.29, 0.717) is 0 Å². The van der Waals surface area contributed by atoms with Crippen molar-refractivity contribution in [3.63, 3.8) is 0 Å². The van der Waals surface area contributed by atoms with Crippen molar-refractivity contribution >= 4 is 11.4 Å². The van der Waals surface area contributed by atoms with Gasteiger partial charge < -0.3 is 10.1 Å². The molecule has 1 aliphatic rings. The lowest BCUT2D eigenvalue weighted by atomic mass is 10.1. The maximum Gasteiger partial charge on any atom is 0.170 e. The zero-order valence-electron chi connectivity index (χ0n) is 11.1. The topological polar surface area (TPSA) is 21.3 Å². The van der Waals surface area contributed by atoms with Gasteiger partial charge in [0.1, 0.15) is 11.6 Å². The van der Waals surface area contributed by atoms with E-state index in [4.69, 9.17) is 4.74 Å². The first-order valence-electron chi connectivity index (χ1n) is 6.75. The number of hydrogen-bond donors (Lipinski definition) is 1. The molecule has 1 unspecified atom stereocenters. The van der Waals surface area contributed by atoms with Crippen LogP contribution in [0.15, 0.2) is 60.7 Å². The molecule has 1 heterocycles. The Bertz CT molecular complexity index is 592. The molecule has 20 heavy (non-hydrogen) atoms. The van der Waals surface area contributed by atoms with Crippen molar-refractivity contribution in [2.75, 3.05) is 5.32 Å². The summed E-state index contributed by atoms with van der Waals surface area (Å²) >= 11 is 0. The van der Waals surface area contributed by atoms with Crippen LogP contribution in [0.1, 0.15) is 18.4 Å². The van der Waals surface area contributed by atoms with Gasteiger partial charge in [-0.05, 0) is 36.8 Å². The molecule has 0 aliphatic carbocycles. The molecule has 1 N–H and O–H groups in total. The summed E-state index contributed by atoms with van der Waals surface area (Å²) in [7, 11) is 0. The molecule has 0 saturated carbocycles. The zero-order valence-corrected chi connectivity index (χ0v) is 11.1. The molecule has 2 aromatic carbocycles. The van der Waals surface area contributed by atoms with Crippen molar-refractivity contribution in [1.29, 1.82) is 0 Å². The second kappa shape index (κ2) is 5.78. The highest BCUT2D eigenvalue weighted by Gasteiger charge is 2.17. The van der Waals surface area contributed by atoms with Crippen molar-refractivity contribution in [3.05, 3.63) is 72.1 Å². The van der Waals surface area contributed by atoms with Crippen LogP contribution < -0.4 is 5.32 Å². The molecule has 102 valence electrons. The number of benzene rings is 2. The summed E-state index contributed by atoms with van der Waals surface area (Å²) in [5.41, 5.74) is 1.95. The van der Waals surface area contributed by atoms with Crippen LogP contribution >= 0.6 is 0 Å². The fourth-order valence-corrected chi connectivity index (χ4v) is 2.25. The van der Waals surface area contributed by atoms with Crippen LogP contribution in [0.4, 0.5) is 10.1 Å². The first-order chi connectivity index (χ1) is 9.81. The van der Waals surface area contributed by atoms with Gasteiger partial charge in [-0.2, -0.15) is 0 Å².